The van der Waals surface area contributed by atoms with Crippen LogP contribution in [0.25, 0.3) is 0 Å². The molecule has 0 saturated carbocycles. The first-order valence-corrected chi connectivity index (χ1v) is 33.9. The highest BCUT2D eigenvalue weighted by Crippen LogP contribution is 2.18. The molecule has 0 heterocycles. The summed E-state index contributed by atoms with van der Waals surface area (Å²) in [6, 6.07) is 0. The van der Waals surface area contributed by atoms with Crippen LogP contribution in [0.1, 0.15) is 348 Å². The summed E-state index contributed by atoms with van der Waals surface area (Å²) < 4.78 is 16.9. The van der Waals surface area contributed by atoms with Crippen molar-refractivity contribution in [2.24, 2.45) is 0 Å². The second-order valence-electron chi connectivity index (χ2n) is 22.7. The van der Waals surface area contributed by atoms with E-state index >= 15 is 0 Å². The number of hydrogen-bond donors (Lipinski definition) is 0. The molecule has 1 unspecified atom stereocenters. The molecule has 0 aliphatic heterocycles. The van der Waals surface area contributed by atoms with Gasteiger partial charge in [-0.2, -0.15) is 0 Å². The van der Waals surface area contributed by atoms with Gasteiger partial charge in [0.2, 0.25) is 0 Å². The standard InChI is InChI=1S/C72H128O6/c1-4-7-10-13-16-19-22-24-26-27-28-29-30-31-32-33-34-35-36-37-38-39-40-41-42-43-44-45-46-48-50-53-56-59-62-65-71(74)77-68-69(67-76-70(73)64-61-58-55-52-49-21-18-15-12-9-6-3)78-72(75)66-63-60-57-54-51-47-25-23-20-17-14-11-8-5-2/h7,10,15-16,18-19,23-26,28-29,69H,4-6,8-9,11-14,17,20-22,27,30-68H2,1-3H3/b10-7-,18-15-,19-16-,25-23-,26-24-,29-28-. The Morgan fingerprint density at radius 3 is 0.833 bits per heavy atom. The van der Waals surface area contributed by atoms with Gasteiger partial charge in [0, 0.05) is 19.3 Å². The molecule has 0 spiro atoms. The Morgan fingerprint density at radius 1 is 0.269 bits per heavy atom. The summed E-state index contributed by atoms with van der Waals surface area (Å²) >= 11 is 0. The van der Waals surface area contributed by atoms with Crippen LogP contribution in [-0.2, 0) is 28.6 Å². The third-order valence-electron chi connectivity index (χ3n) is 14.9. The van der Waals surface area contributed by atoms with Crippen molar-refractivity contribution in [3.05, 3.63) is 72.9 Å². The maximum atomic E-state index is 12.9. The summed E-state index contributed by atoms with van der Waals surface area (Å²) in [7, 11) is 0. The largest absolute Gasteiger partial charge is 0.462 e. The smallest absolute Gasteiger partial charge is 0.306 e. The van der Waals surface area contributed by atoms with Gasteiger partial charge in [-0.1, -0.05) is 299 Å². The van der Waals surface area contributed by atoms with Gasteiger partial charge < -0.3 is 14.2 Å². The van der Waals surface area contributed by atoms with E-state index in [0.717, 1.165) is 103 Å². The highest BCUT2D eigenvalue weighted by Gasteiger charge is 2.19. The summed E-state index contributed by atoms with van der Waals surface area (Å²) in [5, 5.41) is 0. The van der Waals surface area contributed by atoms with E-state index in [2.05, 4.69) is 93.7 Å². The molecule has 0 aliphatic carbocycles. The number of esters is 3. The number of carbonyl (C=O) groups excluding carboxylic acids is 3. The minimum absolute atomic E-state index is 0.0765. The van der Waals surface area contributed by atoms with Crippen LogP contribution >= 0.6 is 0 Å². The van der Waals surface area contributed by atoms with E-state index < -0.39 is 6.10 Å². The molecule has 0 aliphatic rings. The minimum atomic E-state index is -0.779. The van der Waals surface area contributed by atoms with Crippen LogP contribution in [0.3, 0.4) is 0 Å². The van der Waals surface area contributed by atoms with E-state index in [0.29, 0.717) is 19.3 Å². The highest BCUT2D eigenvalue weighted by molar-refractivity contribution is 5.71. The molecular formula is C72H128O6. The van der Waals surface area contributed by atoms with Gasteiger partial charge in [0.25, 0.3) is 0 Å². The molecule has 6 heteroatoms. The van der Waals surface area contributed by atoms with Gasteiger partial charge in [-0.15, -0.1) is 0 Å². The average Bonchev–Trinajstić information content (AvgIpc) is 3.44. The number of ether oxygens (including phenoxy) is 3. The van der Waals surface area contributed by atoms with E-state index in [1.165, 1.54) is 205 Å². The SMILES string of the molecule is CC/C=C\C/C=C\C/C=C\C/C=C\CCCCCCCCCCCCCCCCCCCCCCCCC(=O)OCC(COC(=O)CCCCCCC/C=C\CCCC)OC(=O)CCCCCCC/C=C\CCCCCCC. The number of allylic oxidation sites excluding steroid dienone is 12. The van der Waals surface area contributed by atoms with Crippen molar-refractivity contribution in [3.63, 3.8) is 0 Å². The highest BCUT2D eigenvalue weighted by atomic mass is 16.6. The van der Waals surface area contributed by atoms with Gasteiger partial charge in [-0.3, -0.25) is 14.4 Å². The van der Waals surface area contributed by atoms with Crippen molar-refractivity contribution >= 4 is 17.9 Å². The van der Waals surface area contributed by atoms with E-state index in [1.54, 1.807) is 0 Å². The van der Waals surface area contributed by atoms with Gasteiger partial charge in [-0.25, -0.2) is 0 Å². The predicted molar refractivity (Wildman–Crippen MR) is 339 cm³/mol. The zero-order valence-electron chi connectivity index (χ0n) is 51.9. The third-order valence-corrected chi connectivity index (χ3v) is 14.9. The molecule has 0 N–H and O–H groups in total. The maximum Gasteiger partial charge on any atom is 0.306 e. The van der Waals surface area contributed by atoms with E-state index in [1.807, 2.05) is 0 Å². The number of hydrogen-bond acceptors (Lipinski definition) is 6. The molecule has 78 heavy (non-hydrogen) atoms. The van der Waals surface area contributed by atoms with E-state index in [4.69, 9.17) is 14.2 Å². The van der Waals surface area contributed by atoms with Crippen molar-refractivity contribution in [1.29, 1.82) is 0 Å². The van der Waals surface area contributed by atoms with Crippen LogP contribution < -0.4 is 0 Å². The Labute approximate surface area is 484 Å². The molecule has 0 aromatic carbocycles. The lowest BCUT2D eigenvalue weighted by atomic mass is 10.0. The van der Waals surface area contributed by atoms with E-state index in [-0.39, 0.29) is 31.1 Å². The fourth-order valence-corrected chi connectivity index (χ4v) is 9.82. The molecule has 0 fully saturated rings. The quantitative estimate of drug-likeness (QED) is 0.0261. The van der Waals surface area contributed by atoms with Crippen LogP contribution in [0.5, 0.6) is 0 Å². The fraction of sp³-hybridized carbons (Fsp3) is 0.792. The van der Waals surface area contributed by atoms with Crippen LogP contribution in [0.15, 0.2) is 72.9 Å². The van der Waals surface area contributed by atoms with Gasteiger partial charge in [0.15, 0.2) is 6.10 Å². The Morgan fingerprint density at radius 2 is 0.513 bits per heavy atom. The summed E-state index contributed by atoms with van der Waals surface area (Å²) in [5.41, 5.74) is 0. The summed E-state index contributed by atoms with van der Waals surface area (Å²) in [6.07, 6.45) is 86.6. The lowest BCUT2D eigenvalue weighted by molar-refractivity contribution is -0.167. The number of rotatable bonds is 62. The first-order valence-electron chi connectivity index (χ1n) is 33.9. The Hall–Kier alpha value is -3.15. The molecule has 0 amide bonds. The number of unbranched alkanes of at least 4 members (excludes halogenated alkanes) is 39. The van der Waals surface area contributed by atoms with Crippen LogP contribution in [0.4, 0.5) is 0 Å². The van der Waals surface area contributed by atoms with Gasteiger partial charge in [-0.05, 0) is 103 Å². The summed E-state index contributed by atoms with van der Waals surface area (Å²) in [4.78, 5) is 38.2. The topological polar surface area (TPSA) is 78.9 Å². The van der Waals surface area contributed by atoms with Crippen molar-refractivity contribution in [3.8, 4) is 0 Å². The van der Waals surface area contributed by atoms with Crippen molar-refractivity contribution in [2.75, 3.05) is 13.2 Å². The number of carbonyl (C=O) groups is 3. The molecule has 0 saturated heterocycles. The van der Waals surface area contributed by atoms with Crippen LogP contribution in [-0.4, -0.2) is 37.2 Å². The Balaban J connectivity index is 4.03. The minimum Gasteiger partial charge on any atom is -0.462 e. The second kappa shape index (κ2) is 66.4. The van der Waals surface area contributed by atoms with Gasteiger partial charge >= 0.3 is 17.9 Å². The first-order chi connectivity index (χ1) is 38.5. The summed E-state index contributed by atoms with van der Waals surface area (Å²) in [6.45, 7) is 6.50. The first kappa shape index (κ1) is 74.8. The van der Waals surface area contributed by atoms with Gasteiger partial charge in [0.05, 0.1) is 0 Å². The van der Waals surface area contributed by atoms with Crippen molar-refractivity contribution < 1.29 is 28.6 Å². The Bertz CT molecular complexity index is 1440. The molecule has 6 nitrogen and oxygen atoms in total. The Kier molecular flexibility index (Phi) is 63.7. The van der Waals surface area contributed by atoms with Gasteiger partial charge in [0.1, 0.15) is 13.2 Å². The zero-order valence-corrected chi connectivity index (χ0v) is 51.9. The normalized spacial score (nSPS) is 12.5. The fourth-order valence-electron chi connectivity index (χ4n) is 9.82. The second-order valence-corrected chi connectivity index (χ2v) is 22.7. The van der Waals surface area contributed by atoms with Crippen molar-refractivity contribution in [2.45, 2.75) is 354 Å². The molecule has 0 bridgehead atoms. The molecule has 0 aromatic rings. The zero-order chi connectivity index (χ0) is 56.4. The van der Waals surface area contributed by atoms with Crippen LogP contribution in [0.2, 0.25) is 0 Å². The molecule has 0 radical (unpaired) electrons. The predicted octanol–water partition coefficient (Wildman–Crippen LogP) is 23.3. The third kappa shape index (κ3) is 63.7. The molecule has 0 aromatic heterocycles. The monoisotopic (exact) mass is 1090 g/mol. The maximum absolute atomic E-state index is 12.9. The molecular weight excluding hydrogens is 961 g/mol. The van der Waals surface area contributed by atoms with Crippen LogP contribution in [0, 0.1) is 0 Å². The molecule has 452 valence electrons. The summed E-state index contributed by atoms with van der Waals surface area (Å²) in [5.74, 6) is -0.879. The molecule has 0 rings (SSSR count). The molecule has 1 atom stereocenters. The average molecular weight is 1090 g/mol. The lowest BCUT2D eigenvalue weighted by Gasteiger charge is -2.18. The van der Waals surface area contributed by atoms with Crippen molar-refractivity contribution in [1.82, 2.24) is 0 Å². The lowest BCUT2D eigenvalue weighted by Crippen LogP contribution is -2.30. The van der Waals surface area contributed by atoms with E-state index in [9.17, 15) is 14.4 Å².